The zero-order valence-corrected chi connectivity index (χ0v) is 9.92. The number of aliphatic carboxylic acids is 1. The van der Waals surface area contributed by atoms with E-state index in [0.717, 1.165) is 0 Å². The Hall–Kier alpha value is -1.75. The molecule has 0 bridgehead atoms. The third-order valence-electron chi connectivity index (χ3n) is 2.26. The van der Waals surface area contributed by atoms with Crippen LogP contribution in [0.1, 0.15) is 10.7 Å². The first-order valence-electron chi connectivity index (χ1n) is 5.01. The van der Waals surface area contributed by atoms with Gasteiger partial charge in [0.05, 0.1) is 17.0 Å². The van der Waals surface area contributed by atoms with Crippen LogP contribution in [0.25, 0.3) is 10.4 Å². The summed E-state index contributed by atoms with van der Waals surface area (Å²) in [6.45, 7) is 1.75. The molecule has 1 heterocycles. The van der Waals surface area contributed by atoms with Gasteiger partial charge in [0.15, 0.2) is 0 Å². The molecule has 3 nitrogen and oxygen atoms in total. The molecular weight excluding hydrogens is 241 g/mol. The van der Waals surface area contributed by atoms with Gasteiger partial charge in [-0.15, -0.1) is 11.3 Å². The Kier molecular flexibility index (Phi) is 3.19. The number of carboxylic acids is 1. The van der Waals surface area contributed by atoms with Crippen LogP contribution in [0, 0.1) is 12.7 Å². The molecule has 2 aromatic rings. The van der Waals surface area contributed by atoms with Gasteiger partial charge in [0.25, 0.3) is 0 Å². The predicted molar refractivity (Wildman–Crippen MR) is 63.6 cm³/mol. The van der Waals surface area contributed by atoms with Gasteiger partial charge in [-0.3, -0.25) is 4.79 Å². The molecule has 2 rings (SSSR count). The van der Waals surface area contributed by atoms with Crippen LogP contribution in [0.3, 0.4) is 0 Å². The molecule has 0 aliphatic rings. The van der Waals surface area contributed by atoms with E-state index in [2.05, 4.69) is 4.98 Å². The fourth-order valence-corrected chi connectivity index (χ4v) is 2.64. The van der Waals surface area contributed by atoms with Crippen LogP contribution in [0.5, 0.6) is 0 Å². The maximum Gasteiger partial charge on any atom is 0.310 e. The van der Waals surface area contributed by atoms with Crippen LogP contribution in [-0.4, -0.2) is 16.1 Å². The predicted octanol–water partition coefficient (Wildman–Crippen LogP) is 2.88. The summed E-state index contributed by atoms with van der Waals surface area (Å²) in [7, 11) is 0. The van der Waals surface area contributed by atoms with Crippen molar-refractivity contribution in [2.75, 3.05) is 0 Å². The average molecular weight is 251 g/mol. The Labute approximate surface area is 102 Å². The normalized spacial score (nSPS) is 10.5. The molecule has 1 aromatic heterocycles. The molecule has 5 heteroatoms. The van der Waals surface area contributed by atoms with Crippen molar-refractivity contribution in [1.82, 2.24) is 4.98 Å². The number of thiazole rings is 1. The van der Waals surface area contributed by atoms with Gasteiger partial charge in [0.2, 0.25) is 0 Å². The van der Waals surface area contributed by atoms with Crippen LogP contribution < -0.4 is 0 Å². The molecule has 88 valence electrons. The van der Waals surface area contributed by atoms with Crippen molar-refractivity contribution in [3.05, 3.63) is 40.8 Å². The lowest BCUT2D eigenvalue weighted by Gasteiger charge is -1.99. The van der Waals surface area contributed by atoms with Crippen LogP contribution in [0.15, 0.2) is 24.3 Å². The Morgan fingerprint density at radius 1 is 1.47 bits per heavy atom. The van der Waals surface area contributed by atoms with Crippen molar-refractivity contribution in [2.24, 2.45) is 0 Å². The maximum absolute atomic E-state index is 13.6. The van der Waals surface area contributed by atoms with Gasteiger partial charge in [0.1, 0.15) is 10.8 Å². The third-order valence-corrected chi connectivity index (χ3v) is 3.45. The molecular formula is C12H10FNO2S. The molecule has 0 amide bonds. The smallest absolute Gasteiger partial charge is 0.310 e. The number of aromatic nitrogens is 1. The second kappa shape index (κ2) is 4.63. The Morgan fingerprint density at radius 2 is 2.18 bits per heavy atom. The van der Waals surface area contributed by atoms with E-state index < -0.39 is 5.97 Å². The van der Waals surface area contributed by atoms with Crippen LogP contribution in [0.4, 0.5) is 4.39 Å². The number of rotatable bonds is 3. The lowest BCUT2D eigenvalue weighted by molar-refractivity contribution is -0.136. The zero-order valence-electron chi connectivity index (χ0n) is 9.11. The van der Waals surface area contributed by atoms with Gasteiger partial charge >= 0.3 is 5.97 Å². The topological polar surface area (TPSA) is 50.2 Å². The number of carbonyl (C=O) groups is 1. The first kappa shape index (κ1) is 11.7. The maximum atomic E-state index is 13.6. The van der Waals surface area contributed by atoms with Crippen molar-refractivity contribution >= 4 is 17.3 Å². The number of hydrogen-bond donors (Lipinski definition) is 1. The van der Waals surface area contributed by atoms with Crippen molar-refractivity contribution in [3.8, 4) is 10.4 Å². The lowest BCUT2D eigenvalue weighted by atomic mass is 10.1. The van der Waals surface area contributed by atoms with Gasteiger partial charge in [-0.25, -0.2) is 9.37 Å². The van der Waals surface area contributed by atoms with E-state index in [1.54, 1.807) is 25.1 Å². The highest BCUT2D eigenvalue weighted by atomic mass is 32.1. The molecule has 0 aliphatic heterocycles. The monoisotopic (exact) mass is 251 g/mol. The summed E-state index contributed by atoms with van der Waals surface area (Å²) in [5, 5.41) is 9.18. The largest absolute Gasteiger partial charge is 0.481 e. The minimum atomic E-state index is -0.932. The first-order chi connectivity index (χ1) is 8.08. The quantitative estimate of drug-likeness (QED) is 0.912. The average Bonchev–Trinajstić information content (AvgIpc) is 2.59. The van der Waals surface area contributed by atoms with Gasteiger partial charge in [0, 0.05) is 5.56 Å². The molecule has 1 N–H and O–H groups in total. The highest BCUT2D eigenvalue weighted by Gasteiger charge is 2.14. The van der Waals surface area contributed by atoms with Crippen LogP contribution in [0.2, 0.25) is 0 Å². The fraction of sp³-hybridized carbons (Fsp3) is 0.167. The summed E-state index contributed by atoms with van der Waals surface area (Å²) in [6.07, 6.45) is -0.125. The summed E-state index contributed by atoms with van der Waals surface area (Å²) in [5.74, 6) is -1.25. The fourth-order valence-electron chi connectivity index (χ4n) is 1.55. The van der Waals surface area contributed by atoms with Crippen molar-refractivity contribution in [3.63, 3.8) is 0 Å². The van der Waals surface area contributed by atoms with Gasteiger partial charge < -0.3 is 5.11 Å². The van der Waals surface area contributed by atoms with Crippen LogP contribution in [-0.2, 0) is 11.2 Å². The van der Waals surface area contributed by atoms with Crippen molar-refractivity contribution in [2.45, 2.75) is 13.3 Å². The molecule has 17 heavy (non-hydrogen) atoms. The van der Waals surface area contributed by atoms with E-state index in [0.29, 0.717) is 21.1 Å². The molecule has 0 atom stereocenters. The number of halogens is 1. The summed E-state index contributed by atoms with van der Waals surface area (Å²) >= 11 is 1.22. The van der Waals surface area contributed by atoms with Gasteiger partial charge in [-0.2, -0.15) is 0 Å². The van der Waals surface area contributed by atoms with E-state index in [9.17, 15) is 9.18 Å². The molecule has 0 saturated carbocycles. The molecule has 0 unspecified atom stereocenters. The van der Waals surface area contributed by atoms with Gasteiger partial charge in [-0.05, 0) is 13.0 Å². The number of aryl methyl sites for hydroxylation is 1. The summed E-state index contributed by atoms with van der Waals surface area (Å²) < 4.78 is 13.6. The first-order valence-corrected chi connectivity index (χ1v) is 5.82. The summed E-state index contributed by atoms with van der Waals surface area (Å²) in [4.78, 5) is 15.4. The molecule has 1 aromatic carbocycles. The Morgan fingerprint density at radius 3 is 2.82 bits per heavy atom. The number of benzene rings is 1. The summed E-state index contributed by atoms with van der Waals surface area (Å²) in [5.41, 5.74) is 1.13. The van der Waals surface area contributed by atoms with E-state index in [1.807, 2.05) is 0 Å². The number of nitrogens with zero attached hydrogens (tertiary/aromatic N) is 1. The highest BCUT2D eigenvalue weighted by Crippen LogP contribution is 2.31. The summed E-state index contributed by atoms with van der Waals surface area (Å²) in [6, 6.07) is 6.41. The molecule has 0 fully saturated rings. The Balaban J connectivity index is 2.43. The van der Waals surface area contributed by atoms with E-state index in [-0.39, 0.29) is 12.2 Å². The van der Waals surface area contributed by atoms with Crippen molar-refractivity contribution < 1.29 is 14.3 Å². The molecule has 0 saturated heterocycles. The number of carboxylic acid groups (broad SMARTS) is 1. The van der Waals surface area contributed by atoms with E-state index >= 15 is 0 Å². The van der Waals surface area contributed by atoms with Gasteiger partial charge in [-0.1, -0.05) is 18.2 Å². The third kappa shape index (κ3) is 2.50. The SMILES string of the molecule is Cc1nc(CC(=O)O)sc1-c1ccccc1F. The van der Waals surface area contributed by atoms with E-state index in [4.69, 9.17) is 5.11 Å². The Bertz CT molecular complexity index is 565. The molecule has 0 radical (unpaired) electrons. The standard InChI is InChI=1S/C12H10FNO2S/c1-7-12(8-4-2-3-5-9(8)13)17-10(14-7)6-11(15)16/h2-5H,6H2,1H3,(H,15,16). The minimum Gasteiger partial charge on any atom is -0.481 e. The zero-order chi connectivity index (χ0) is 12.4. The second-order valence-corrected chi connectivity index (χ2v) is 4.66. The lowest BCUT2D eigenvalue weighted by Crippen LogP contribution is -1.98. The van der Waals surface area contributed by atoms with Crippen LogP contribution >= 0.6 is 11.3 Å². The van der Waals surface area contributed by atoms with Crippen molar-refractivity contribution in [1.29, 1.82) is 0 Å². The second-order valence-electron chi connectivity index (χ2n) is 3.57. The highest BCUT2D eigenvalue weighted by molar-refractivity contribution is 7.15. The van der Waals surface area contributed by atoms with E-state index in [1.165, 1.54) is 17.4 Å². The molecule has 0 aliphatic carbocycles. The number of hydrogen-bond acceptors (Lipinski definition) is 3. The minimum absolute atomic E-state index is 0.125. The molecule has 0 spiro atoms.